The molecule has 3 aromatic rings. The Morgan fingerprint density at radius 1 is 0.958 bits per heavy atom. The van der Waals surface area contributed by atoms with Crippen LogP contribution in [0.4, 0.5) is 17.3 Å². The van der Waals surface area contributed by atoms with Crippen molar-refractivity contribution < 1.29 is 0 Å². The van der Waals surface area contributed by atoms with Gasteiger partial charge in [-0.15, -0.1) is 0 Å². The summed E-state index contributed by atoms with van der Waals surface area (Å²) in [6.45, 7) is 4.57. The summed E-state index contributed by atoms with van der Waals surface area (Å²) >= 11 is 6.07. The SMILES string of the molecule is Cc1nc(NCc2ccncc2)cc(Nc2cc(Cl)ccc2C)n1. The molecule has 0 bridgehead atoms. The van der Waals surface area contributed by atoms with Gasteiger partial charge < -0.3 is 10.6 Å². The number of hydrogen-bond donors (Lipinski definition) is 2. The van der Waals surface area contributed by atoms with Crippen molar-refractivity contribution in [1.82, 2.24) is 15.0 Å². The van der Waals surface area contributed by atoms with Gasteiger partial charge in [0, 0.05) is 35.7 Å². The lowest BCUT2D eigenvalue weighted by Crippen LogP contribution is -2.05. The van der Waals surface area contributed by atoms with Gasteiger partial charge in [-0.25, -0.2) is 9.97 Å². The molecule has 0 aliphatic heterocycles. The topological polar surface area (TPSA) is 62.7 Å². The minimum atomic E-state index is 0.675. The molecule has 2 aromatic heterocycles. The number of rotatable bonds is 5. The maximum atomic E-state index is 6.07. The molecule has 1 aromatic carbocycles. The maximum Gasteiger partial charge on any atom is 0.136 e. The molecule has 122 valence electrons. The van der Waals surface area contributed by atoms with Gasteiger partial charge in [-0.1, -0.05) is 17.7 Å². The summed E-state index contributed by atoms with van der Waals surface area (Å²) in [7, 11) is 0. The van der Waals surface area contributed by atoms with E-state index >= 15 is 0 Å². The lowest BCUT2D eigenvalue weighted by atomic mass is 10.2. The van der Waals surface area contributed by atoms with E-state index in [1.54, 1.807) is 12.4 Å². The van der Waals surface area contributed by atoms with Crippen LogP contribution in [0.2, 0.25) is 5.02 Å². The average molecular weight is 340 g/mol. The van der Waals surface area contributed by atoms with Crippen LogP contribution in [0, 0.1) is 13.8 Å². The van der Waals surface area contributed by atoms with Gasteiger partial charge in [0.25, 0.3) is 0 Å². The van der Waals surface area contributed by atoms with Crippen molar-refractivity contribution in [2.75, 3.05) is 10.6 Å². The second-order valence-electron chi connectivity index (χ2n) is 5.48. The number of aryl methyl sites for hydroxylation is 2. The number of benzene rings is 1. The molecule has 5 nitrogen and oxygen atoms in total. The predicted octanol–water partition coefficient (Wildman–Crippen LogP) is 4.50. The zero-order valence-electron chi connectivity index (χ0n) is 13.5. The number of pyridine rings is 1. The van der Waals surface area contributed by atoms with Crippen molar-refractivity contribution in [1.29, 1.82) is 0 Å². The minimum absolute atomic E-state index is 0.675. The molecule has 0 aliphatic rings. The van der Waals surface area contributed by atoms with E-state index < -0.39 is 0 Å². The van der Waals surface area contributed by atoms with Gasteiger partial charge in [0.15, 0.2) is 0 Å². The fourth-order valence-corrected chi connectivity index (χ4v) is 2.45. The van der Waals surface area contributed by atoms with E-state index in [2.05, 4.69) is 25.6 Å². The molecule has 0 amide bonds. The molecule has 2 N–H and O–H groups in total. The van der Waals surface area contributed by atoms with Gasteiger partial charge >= 0.3 is 0 Å². The highest BCUT2D eigenvalue weighted by atomic mass is 35.5. The third kappa shape index (κ3) is 4.20. The van der Waals surface area contributed by atoms with Crippen molar-refractivity contribution in [3.05, 3.63) is 70.8 Å². The van der Waals surface area contributed by atoms with Gasteiger partial charge in [0.2, 0.25) is 0 Å². The van der Waals surface area contributed by atoms with Crippen LogP contribution >= 0.6 is 11.6 Å². The van der Waals surface area contributed by atoms with Crippen LogP contribution in [0.1, 0.15) is 17.0 Å². The lowest BCUT2D eigenvalue weighted by molar-refractivity contribution is 1.02. The van der Waals surface area contributed by atoms with Crippen molar-refractivity contribution in [2.45, 2.75) is 20.4 Å². The fourth-order valence-electron chi connectivity index (χ4n) is 2.28. The number of nitrogens with zero attached hydrogens (tertiary/aromatic N) is 3. The normalized spacial score (nSPS) is 10.5. The zero-order valence-corrected chi connectivity index (χ0v) is 14.3. The quantitative estimate of drug-likeness (QED) is 0.716. The molecular formula is C18H18ClN5. The Morgan fingerprint density at radius 2 is 1.71 bits per heavy atom. The first-order chi connectivity index (χ1) is 11.6. The first kappa shape index (κ1) is 16.2. The molecule has 0 unspecified atom stereocenters. The lowest BCUT2D eigenvalue weighted by Gasteiger charge is -2.12. The van der Waals surface area contributed by atoms with Crippen LogP contribution in [0.3, 0.4) is 0 Å². The van der Waals surface area contributed by atoms with Gasteiger partial charge in [0.1, 0.15) is 17.5 Å². The van der Waals surface area contributed by atoms with Crippen molar-refractivity contribution >= 4 is 28.9 Å². The van der Waals surface area contributed by atoms with E-state index in [-0.39, 0.29) is 0 Å². The minimum Gasteiger partial charge on any atom is -0.366 e. The molecule has 0 radical (unpaired) electrons. The standard InChI is InChI=1S/C18H18ClN5/c1-12-3-4-15(19)9-16(12)24-18-10-17(22-13(2)23-18)21-11-14-5-7-20-8-6-14/h3-10H,11H2,1-2H3,(H2,21,22,23,24). The summed E-state index contributed by atoms with van der Waals surface area (Å²) in [6.07, 6.45) is 3.55. The molecule has 0 saturated heterocycles. The first-order valence-electron chi connectivity index (χ1n) is 7.62. The number of nitrogens with one attached hydrogen (secondary N) is 2. The van der Waals surface area contributed by atoms with E-state index in [9.17, 15) is 0 Å². The molecule has 6 heteroatoms. The van der Waals surface area contributed by atoms with Crippen LogP contribution < -0.4 is 10.6 Å². The highest BCUT2D eigenvalue weighted by Gasteiger charge is 2.05. The molecule has 24 heavy (non-hydrogen) atoms. The Bertz CT molecular complexity index is 836. The Hall–Kier alpha value is -2.66. The van der Waals surface area contributed by atoms with Crippen molar-refractivity contribution in [2.24, 2.45) is 0 Å². The van der Waals surface area contributed by atoms with Gasteiger partial charge in [-0.2, -0.15) is 0 Å². The third-order valence-electron chi connectivity index (χ3n) is 3.52. The Morgan fingerprint density at radius 3 is 2.50 bits per heavy atom. The van der Waals surface area contributed by atoms with Crippen LogP contribution in [0.25, 0.3) is 0 Å². The summed E-state index contributed by atoms with van der Waals surface area (Å²) in [5.74, 6) is 2.18. The van der Waals surface area contributed by atoms with Crippen LogP contribution in [0.15, 0.2) is 48.8 Å². The van der Waals surface area contributed by atoms with Crippen molar-refractivity contribution in [3.8, 4) is 0 Å². The highest BCUT2D eigenvalue weighted by Crippen LogP contribution is 2.24. The van der Waals surface area contributed by atoms with Crippen LogP contribution in [-0.4, -0.2) is 15.0 Å². The summed E-state index contributed by atoms with van der Waals surface area (Å²) < 4.78 is 0. The van der Waals surface area contributed by atoms with Gasteiger partial charge in [-0.3, -0.25) is 4.98 Å². The highest BCUT2D eigenvalue weighted by molar-refractivity contribution is 6.30. The zero-order chi connectivity index (χ0) is 16.9. The Labute approximate surface area is 146 Å². The van der Waals surface area contributed by atoms with Gasteiger partial charge in [0.05, 0.1) is 0 Å². The molecule has 0 spiro atoms. The Balaban J connectivity index is 1.77. The van der Waals surface area contributed by atoms with E-state index in [4.69, 9.17) is 11.6 Å². The molecule has 0 aliphatic carbocycles. The largest absolute Gasteiger partial charge is 0.366 e. The smallest absolute Gasteiger partial charge is 0.136 e. The molecule has 3 rings (SSSR count). The summed E-state index contributed by atoms with van der Waals surface area (Å²) in [5, 5.41) is 7.30. The van der Waals surface area contributed by atoms with E-state index in [0.717, 1.165) is 28.5 Å². The van der Waals surface area contributed by atoms with Crippen LogP contribution in [0.5, 0.6) is 0 Å². The molecule has 0 atom stereocenters. The van der Waals surface area contributed by atoms with E-state index in [1.165, 1.54) is 0 Å². The predicted molar refractivity (Wildman–Crippen MR) is 97.8 cm³/mol. The number of hydrogen-bond acceptors (Lipinski definition) is 5. The third-order valence-corrected chi connectivity index (χ3v) is 3.76. The maximum absolute atomic E-state index is 6.07. The first-order valence-corrected chi connectivity index (χ1v) is 7.99. The number of halogens is 1. The van der Waals surface area contributed by atoms with Gasteiger partial charge in [-0.05, 0) is 49.2 Å². The second-order valence-corrected chi connectivity index (χ2v) is 5.92. The Kier molecular flexibility index (Phi) is 4.91. The molecule has 2 heterocycles. The summed E-state index contributed by atoms with van der Waals surface area (Å²) in [6, 6.07) is 11.5. The molecular weight excluding hydrogens is 322 g/mol. The average Bonchev–Trinajstić information content (AvgIpc) is 2.57. The summed E-state index contributed by atoms with van der Waals surface area (Å²) in [4.78, 5) is 12.9. The second kappa shape index (κ2) is 7.27. The fraction of sp³-hybridized carbons (Fsp3) is 0.167. The number of anilines is 3. The summed E-state index contributed by atoms with van der Waals surface area (Å²) in [5.41, 5.74) is 3.17. The number of aromatic nitrogens is 3. The monoisotopic (exact) mass is 339 g/mol. The molecule has 0 saturated carbocycles. The van der Waals surface area contributed by atoms with E-state index in [1.807, 2.05) is 50.2 Å². The van der Waals surface area contributed by atoms with Crippen LogP contribution in [-0.2, 0) is 6.54 Å². The molecule has 0 fully saturated rings. The van der Waals surface area contributed by atoms with E-state index in [0.29, 0.717) is 17.4 Å². The van der Waals surface area contributed by atoms with Crippen molar-refractivity contribution in [3.63, 3.8) is 0 Å².